The molecular weight excluding hydrogens is 704 g/mol. The Labute approximate surface area is 337 Å². The second-order valence-corrected chi connectivity index (χ2v) is 24.4. The van der Waals surface area contributed by atoms with Crippen LogP contribution in [0.1, 0.15) is 86.1 Å². The van der Waals surface area contributed by atoms with Gasteiger partial charge < -0.3 is 14.5 Å². The normalized spacial score (nSPS) is 31.6. The highest BCUT2D eigenvalue weighted by molar-refractivity contribution is 6.82. The lowest BCUT2D eigenvalue weighted by Gasteiger charge is -2.48. The summed E-state index contributed by atoms with van der Waals surface area (Å²) < 4.78 is 21.7. The second-order valence-electron chi connectivity index (χ2n) is 19.5. The maximum absolute atomic E-state index is 15.5. The van der Waals surface area contributed by atoms with Crippen LogP contribution in [0.2, 0.25) is 23.7 Å². The number of ether oxygens (including phenoxy) is 1. The van der Waals surface area contributed by atoms with Crippen LogP contribution in [0, 0.1) is 43.3 Å². The molecule has 0 N–H and O–H groups in total. The summed E-state index contributed by atoms with van der Waals surface area (Å²) in [5.74, 6) is 2.75. The van der Waals surface area contributed by atoms with E-state index in [4.69, 9.17) is 4.74 Å². The Kier molecular flexibility index (Phi) is 9.88. The summed E-state index contributed by atoms with van der Waals surface area (Å²) in [4.78, 5) is 5.33. The molecule has 2 aliphatic heterocycles. The summed E-state index contributed by atoms with van der Waals surface area (Å²) in [5.41, 5.74) is 10.5. The van der Waals surface area contributed by atoms with E-state index in [0.29, 0.717) is 65.2 Å². The van der Waals surface area contributed by atoms with E-state index in [1.807, 2.05) is 18.2 Å². The van der Waals surface area contributed by atoms with Gasteiger partial charge >= 0.3 is 0 Å². The number of benzene rings is 3. The molecular formula is C51H63FN2OSi. The third-order valence-corrected chi connectivity index (χ3v) is 21.1. The zero-order valence-electron chi connectivity index (χ0n) is 34.8. The number of halogens is 1. The van der Waals surface area contributed by atoms with Gasteiger partial charge in [-0.25, -0.2) is 4.39 Å². The minimum absolute atomic E-state index is 0.0836. The molecule has 294 valence electrons. The number of anilines is 2. The van der Waals surface area contributed by atoms with Crippen LogP contribution in [-0.2, 0) is 11.3 Å². The minimum atomic E-state index is -2.23. The summed E-state index contributed by atoms with van der Waals surface area (Å²) in [6.07, 6.45) is 24.7. The van der Waals surface area contributed by atoms with E-state index < -0.39 is 8.07 Å². The molecule has 0 aromatic heterocycles. The van der Waals surface area contributed by atoms with Gasteiger partial charge in [0.1, 0.15) is 5.82 Å². The molecule has 6 aliphatic rings. The maximum atomic E-state index is 15.5. The smallest absolute Gasteiger partial charge is 0.128 e. The first-order valence-corrected chi connectivity index (χ1v) is 24.6. The van der Waals surface area contributed by atoms with Gasteiger partial charge in [-0.3, -0.25) is 0 Å². The Morgan fingerprint density at radius 2 is 1.23 bits per heavy atom. The fourth-order valence-electron chi connectivity index (χ4n) is 13.1. The molecule has 9 rings (SSSR count). The van der Waals surface area contributed by atoms with E-state index in [-0.39, 0.29) is 11.4 Å². The fraction of sp³-hybridized carbons (Fsp3) is 0.490. The van der Waals surface area contributed by atoms with Crippen molar-refractivity contribution in [1.29, 1.82) is 0 Å². The lowest BCUT2D eigenvalue weighted by Crippen LogP contribution is -2.48. The number of rotatable bonds is 11. The Balaban J connectivity index is 1.17. The van der Waals surface area contributed by atoms with Crippen molar-refractivity contribution in [3.8, 4) is 0 Å². The molecule has 2 saturated carbocycles. The topological polar surface area (TPSA) is 15.7 Å². The third-order valence-electron chi connectivity index (χ3n) is 15.1. The average Bonchev–Trinajstić information content (AvgIpc) is 3.87. The van der Waals surface area contributed by atoms with Crippen LogP contribution in [0.25, 0.3) is 0 Å². The largest absolute Gasteiger partial charge is 0.376 e. The first kappa shape index (κ1) is 37.9. The molecule has 0 spiro atoms. The van der Waals surface area contributed by atoms with Gasteiger partial charge in [0.05, 0.1) is 13.7 Å². The van der Waals surface area contributed by atoms with Crippen molar-refractivity contribution in [3.63, 3.8) is 0 Å². The standard InChI is InChI=1S/C51H63FN2OSi/c1-33-24-26-43-40(30-33)45-47(53(43)6)36-19-11-13-21-38(36)49(45)56(7,29-17-9-8-16-28-55-51(3,4)5)50-39-22-14-12-20-37(39)48-46(50)41-31-34(2)25-27-44(41)54(48)32-35-18-10-15-23-42(35)52/h10-15,18-27,30-31,36-39,45-50H,8-9,16-17,28-29,32H2,1-7H3. The SMILES string of the molecule is Cc1ccc2c(c1)C1C(C3C=CC=CC3C1[Si](C)(CCCCCCOC(C)(C)C)C1C3C=CC=CC3C3C1c1cc(C)ccc1N3Cc1ccccc1F)N2C. The molecule has 3 nitrogen and oxygen atoms in total. The van der Waals surface area contributed by atoms with Gasteiger partial charge in [0, 0.05) is 72.9 Å². The van der Waals surface area contributed by atoms with Gasteiger partial charge in [-0.15, -0.1) is 0 Å². The Bertz CT molecular complexity index is 2080. The zero-order valence-corrected chi connectivity index (χ0v) is 35.8. The summed E-state index contributed by atoms with van der Waals surface area (Å²) in [5, 5.41) is 0. The van der Waals surface area contributed by atoms with Crippen LogP contribution < -0.4 is 9.80 Å². The minimum Gasteiger partial charge on any atom is -0.376 e. The second kappa shape index (κ2) is 14.6. The van der Waals surface area contributed by atoms with Gasteiger partial charge in [-0.2, -0.15) is 0 Å². The monoisotopic (exact) mass is 766 g/mol. The number of aryl methyl sites for hydroxylation is 2. The lowest BCUT2D eigenvalue weighted by molar-refractivity contribution is -0.00471. The predicted molar refractivity (Wildman–Crippen MR) is 235 cm³/mol. The molecule has 2 fully saturated rings. The van der Waals surface area contributed by atoms with Crippen molar-refractivity contribution in [3.05, 3.63) is 143 Å². The van der Waals surface area contributed by atoms with Crippen LogP contribution in [0.5, 0.6) is 0 Å². The van der Waals surface area contributed by atoms with Crippen LogP contribution in [-0.4, -0.2) is 39.4 Å². The van der Waals surface area contributed by atoms with Crippen molar-refractivity contribution in [2.45, 2.75) is 120 Å². The van der Waals surface area contributed by atoms with Crippen LogP contribution in [0.15, 0.2) is 109 Å². The van der Waals surface area contributed by atoms with E-state index in [0.717, 1.165) is 18.6 Å². The summed E-state index contributed by atoms with van der Waals surface area (Å²) in [6.45, 7) is 15.4. The number of fused-ring (bicyclic) bond motifs is 10. The molecule has 11 atom stereocenters. The van der Waals surface area contributed by atoms with E-state index in [2.05, 4.69) is 143 Å². The van der Waals surface area contributed by atoms with Gasteiger partial charge in [0.2, 0.25) is 0 Å². The molecule has 3 aromatic rings. The Morgan fingerprint density at radius 1 is 0.679 bits per heavy atom. The van der Waals surface area contributed by atoms with Crippen molar-refractivity contribution in [2.24, 2.45) is 23.7 Å². The highest BCUT2D eigenvalue weighted by Crippen LogP contribution is 2.72. The molecule has 2 heterocycles. The predicted octanol–water partition coefficient (Wildman–Crippen LogP) is 12.5. The van der Waals surface area contributed by atoms with Gasteiger partial charge in [-0.05, 0) is 93.3 Å². The van der Waals surface area contributed by atoms with Gasteiger partial charge in [0.15, 0.2) is 0 Å². The highest BCUT2D eigenvalue weighted by Gasteiger charge is 2.67. The number of hydrogen-bond acceptors (Lipinski definition) is 3. The lowest BCUT2D eigenvalue weighted by atomic mass is 9.88. The molecule has 5 heteroatoms. The molecule has 56 heavy (non-hydrogen) atoms. The van der Waals surface area contributed by atoms with Crippen LogP contribution in [0.3, 0.4) is 0 Å². The van der Waals surface area contributed by atoms with Gasteiger partial charge in [0.25, 0.3) is 0 Å². The van der Waals surface area contributed by atoms with Gasteiger partial charge in [-0.1, -0.05) is 134 Å². The van der Waals surface area contributed by atoms with E-state index in [9.17, 15) is 0 Å². The molecule has 0 amide bonds. The van der Waals surface area contributed by atoms with E-state index in [1.54, 1.807) is 11.6 Å². The fourth-order valence-corrected chi connectivity index (χ4v) is 20.0. The van der Waals surface area contributed by atoms with Crippen molar-refractivity contribution in [1.82, 2.24) is 0 Å². The number of allylic oxidation sites excluding steroid dienone is 6. The number of likely N-dealkylation sites (N-methyl/N-ethyl adjacent to an activating group) is 1. The molecule has 11 unspecified atom stereocenters. The molecule has 3 aromatic carbocycles. The van der Waals surface area contributed by atoms with Crippen molar-refractivity contribution in [2.75, 3.05) is 23.5 Å². The quantitative estimate of drug-likeness (QED) is 0.143. The van der Waals surface area contributed by atoms with Crippen LogP contribution in [0.4, 0.5) is 15.8 Å². The number of nitrogens with zero attached hydrogens (tertiary/aromatic N) is 2. The number of unbranched alkanes of at least 4 members (excludes halogenated alkanes) is 3. The maximum Gasteiger partial charge on any atom is 0.128 e. The van der Waals surface area contributed by atoms with Crippen molar-refractivity contribution < 1.29 is 9.13 Å². The molecule has 4 aliphatic carbocycles. The first-order chi connectivity index (χ1) is 27.0. The average molecular weight is 767 g/mol. The molecule has 0 saturated heterocycles. The van der Waals surface area contributed by atoms with E-state index in [1.165, 1.54) is 53.4 Å². The van der Waals surface area contributed by atoms with Crippen molar-refractivity contribution >= 4 is 19.4 Å². The Morgan fingerprint density at radius 3 is 1.88 bits per heavy atom. The summed E-state index contributed by atoms with van der Waals surface area (Å²) in [7, 11) is 0.152. The first-order valence-electron chi connectivity index (χ1n) is 21.7. The number of hydrogen-bond donors (Lipinski definition) is 0. The molecule has 0 radical (unpaired) electrons. The molecule has 0 bridgehead atoms. The summed E-state index contributed by atoms with van der Waals surface area (Å²) >= 11 is 0. The zero-order chi connectivity index (χ0) is 38.9. The summed E-state index contributed by atoms with van der Waals surface area (Å²) in [6, 6.07) is 24.1. The highest BCUT2D eigenvalue weighted by atomic mass is 28.3. The van der Waals surface area contributed by atoms with Crippen LogP contribution >= 0.6 is 0 Å². The Hall–Kier alpha value is -3.67. The van der Waals surface area contributed by atoms with E-state index >= 15 is 4.39 Å². The third kappa shape index (κ3) is 6.31.